The first-order valence-electron chi connectivity index (χ1n) is 5.78. The van der Waals surface area contributed by atoms with Gasteiger partial charge in [0, 0.05) is 0 Å². The van der Waals surface area contributed by atoms with Crippen molar-refractivity contribution in [3.63, 3.8) is 0 Å². The minimum absolute atomic E-state index is 0.0663. The summed E-state index contributed by atoms with van der Waals surface area (Å²) in [5, 5.41) is 0. The average molecular weight is 261 g/mol. The molecule has 0 atom stereocenters. The quantitative estimate of drug-likeness (QED) is 0.847. The molecule has 2 rings (SSSR count). The van der Waals surface area contributed by atoms with Crippen LogP contribution in [0, 0.1) is 0 Å². The Hall–Kier alpha value is -1.81. The summed E-state index contributed by atoms with van der Waals surface area (Å²) in [5.74, 6) is 0.0663. The van der Waals surface area contributed by atoms with Gasteiger partial charge in [-0.15, -0.1) is 0 Å². The number of para-hydroxylation sites is 2. The predicted octanol–water partition coefficient (Wildman–Crippen LogP) is 3.17. The molecule has 94 valence electrons. The van der Waals surface area contributed by atoms with E-state index in [2.05, 4.69) is 0 Å². The maximum Gasteiger partial charge on any atom is 0.239 e. The van der Waals surface area contributed by atoms with Crippen molar-refractivity contribution < 1.29 is 8.42 Å². The Kier molecular flexibility index (Phi) is 3.67. The van der Waals surface area contributed by atoms with Crippen molar-refractivity contribution in [2.45, 2.75) is 6.92 Å². The van der Waals surface area contributed by atoms with E-state index in [9.17, 15) is 8.42 Å². The Bertz CT molecular complexity index is 555. The minimum atomic E-state index is -3.33. The van der Waals surface area contributed by atoms with Crippen LogP contribution in [0.25, 0.3) is 0 Å². The number of benzene rings is 2. The highest BCUT2D eigenvalue weighted by Gasteiger charge is 2.21. The molecule has 3 nitrogen and oxygen atoms in total. The van der Waals surface area contributed by atoms with Crippen LogP contribution in [0.2, 0.25) is 0 Å². The van der Waals surface area contributed by atoms with E-state index in [0.29, 0.717) is 11.4 Å². The molecule has 0 N–H and O–H groups in total. The Morgan fingerprint density at radius 3 is 1.56 bits per heavy atom. The molecule has 0 spiro atoms. The molecule has 0 amide bonds. The second kappa shape index (κ2) is 5.23. The fourth-order valence-electron chi connectivity index (χ4n) is 1.73. The van der Waals surface area contributed by atoms with Gasteiger partial charge in [0.25, 0.3) is 0 Å². The van der Waals surface area contributed by atoms with Crippen LogP contribution in [0.3, 0.4) is 0 Å². The zero-order valence-corrected chi connectivity index (χ0v) is 11.0. The average Bonchev–Trinajstić information content (AvgIpc) is 2.41. The zero-order chi connectivity index (χ0) is 13.0. The van der Waals surface area contributed by atoms with Crippen LogP contribution in [0.1, 0.15) is 6.92 Å². The van der Waals surface area contributed by atoms with Crippen LogP contribution in [-0.2, 0) is 10.0 Å². The number of hydrogen-bond donors (Lipinski definition) is 0. The molecule has 2 aromatic carbocycles. The molecule has 0 aliphatic carbocycles. The molecule has 18 heavy (non-hydrogen) atoms. The summed E-state index contributed by atoms with van der Waals surface area (Å²) in [4.78, 5) is 0. The second-order valence-electron chi connectivity index (χ2n) is 3.84. The van der Waals surface area contributed by atoms with Gasteiger partial charge < -0.3 is 0 Å². The van der Waals surface area contributed by atoms with E-state index < -0.39 is 10.0 Å². The molecule has 0 radical (unpaired) electrons. The highest BCUT2D eigenvalue weighted by Crippen LogP contribution is 2.28. The lowest BCUT2D eigenvalue weighted by atomic mass is 10.3. The SMILES string of the molecule is CCS(=O)(=O)N(c1ccccc1)c1ccccc1. The number of sulfonamides is 1. The van der Waals surface area contributed by atoms with Crippen molar-refractivity contribution in [2.75, 3.05) is 10.1 Å². The molecule has 0 fully saturated rings. The van der Waals surface area contributed by atoms with Gasteiger partial charge in [0.05, 0.1) is 17.1 Å². The van der Waals surface area contributed by atoms with Gasteiger partial charge in [-0.05, 0) is 31.2 Å². The first kappa shape index (κ1) is 12.6. The van der Waals surface area contributed by atoms with Gasteiger partial charge in [-0.25, -0.2) is 12.7 Å². The molecule has 0 aromatic heterocycles. The number of anilines is 2. The fourth-order valence-corrected chi connectivity index (χ4v) is 2.87. The van der Waals surface area contributed by atoms with E-state index in [1.165, 1.54) is 4.31 Å². The maximum absolute atomic E-state index is 12.2. The van der Waals surface area contributed by atoms with Crippen LogP contribution in [0.4, 0.5) is 11.4 Å². The summed E-state index contributed by atoms with van der Waals surface area (Å²) in [5.41, 5.74) is 1.32. The van der Waals surface area contributed by atoms with Crippen LogP contribution >= 0.6 is 0 Å². The largest absolute Gasteiger partial charge is 0.239 e. The van der Waals surface area contributed by atoms with Gasteiger partial charge >= 0.3 is 0 Å². The fraction of sp³-hybridized carbons (Fsp3) is 0.143. The summed E-state index contributed by atoms with van der Waals surface area (Å²) < 4.78 is 25.8. The molecule has 0 bridgehead atoms. The molecule has 2 aromatic rings. The van der Waals surface area contributed by atoms with Crippen molar-refractivity contribution >= 4 is 21.4 Å². The standard InChI is InChI=1S/C14H15NO2S/c1-2-18(16,17)15(13-9-5-3-6-10-13)14-11-7-4-8-12-14/h3-12H,2H2,1H3. The third-order valence-corrected chi connectivity index (χ3v) is 4.33. The number of nitrogens with zero attached hydrogens (tertiary/aromatic N) is 1. The molecular weight excluding hydrogens is 246 g/mol. The van der Waals surface area contributed by atoms with E-state index in [0.717, 1.165) is 0 Å². The Morgan fingerprint density at radius 1 is 0.833 bits per heavy atom. The maximum atomic E-state index is 12.2. The van der Waals surface area contributed by atoms with Gasteiger partial charge in [0.2, 0.25) is 10.0 Å². The zero-order valence-electron chi connectivity index (χ0n) is 10.2. The first-order valence-corrected chi connectivity index (χ1v) is 7.39. The van der Waals surface area contributed by atoms with Gasteiger partial charge in [-0.3, -0.25) is 0 Å². The molecule has 0 aliphatic heterocycles. The van der Waals surface area contributed by atoms with Gasteiger partial charge in [0.1, 0.15) is 0 Å². The molecular formula is C14H15NO2S. The predicted molar refractivity (Wildman–Crippen MR) is 74.5 cm³/mol. The third kappa shape index (κ3) is 2.54. The molecule has 4 heteroatoms. The highest BCUT2D eigenvalue weighted by molar-refractivity contribution is 7.93. The summed E-state index contributed by atoms with van der Waals surface area (Å²) in [7, 11) is -3.33. The van der Waals surface area contributed by atoms with Gasteiger partial charge in [0.15, 0.2) is 0 Å². The van der Waals surface area contributed by atoms with Crippen LogP contribution in [0.5, 0.6) is 0 Å². The normalized spacial score (nSPS) is 11.2. The Morgan fingerprint density at radius 2 is 1.22 bits per heavy atom. The van der Waals surface area contributed by atoms with Crippen LogP contribution in [0.15, 0.2) is 60.7 Å². The molecule has 0 saturated heterocycles. The van der Waals surface area contributed by atoms with Gasteiger partial charge in [-0.2, -0.15) is 0 Å². The number of rotatable bonds is 4. The van der Waals surface area contributed by atoms with E-state index in [-0.39, 0.29) is 5.75 Å². The molecule has 0 saturated carbocycles. The first-order chi connectivity index (χ1) is 8.65. The van der Waals surface area contributed by atoms with Crippen molar-refractivity contribution in [2.24, 2.45) is 0 Å². The lowest BCUT2D eigenvalue weighted by molar-refractivity contribution is 0.597. The van der Waals surface area contributed by atoms with E-state index in [1.54, 1.807) is 31.2 Å². The smallest absolute Gasteiger partial charge is 0.238 e. The summed E-state index contributed by atoms with van der Waals surface area (Å²) in [6.07, 6.45) is 0. The Labute approximate surface area is 108 Å². The third-order valence-electron chi connectivity index (χ3n) is 2.62. The topological polar surface area (TPSA) is 37.4 Å². The second-order valence-corrected chi connectivity index (χ2v) is 5.94. The molecule has 0 heterocycles. The van der Waals surface area contributed by atoms with Gasteiger partial charge in [-0.1, -0.05) is 36.4 Å². The van der Waals surface area contributed by atoms with Crippen molar-refractivity contribution in [3.05, 3.63) is 60.7 Å². The molecule has 0 unspecified atom stereocenters. The minimum Gasteiger partial charge on any atom is -0.238 e. The van der Waals surface area contributed by atoms with Crippen molar-refractivity contribution in [1.82, 2.24) is 0 Å². The van der Waals surface area contributed by atoms with E-state index >= 15 is 0 Å². The Balaban J connectivity index is 2.56. The summed E-state index contributed by atoms with van der Waals surface area (Å²) >= 11 is 0. The molecule has 0 aliphatic rings. The summed E-state index contributed by atoms with van der Waals surface area (Å²) in [6, 6.07) is 18.2. The lowest BCUT2D eigenvalue weighted by Crippen LogP contribution is -2.27. The lowest BCUT2D eigenvalue weighted by Gasteiger charge is -2.23. The monoisotopic (exact) mass is 261 g/mol. The van der Waals surface area contributed by atoms with E-state index in [1.807, 2.05) is 36.4 Å². The van der Waals surface area contributed by atoms with Crippen molar-refractivity contribution in [3.8, 4) is 0 Å². The van der Waals surface area contributed by atoms with Crippen molar-refractivity contribution in [1.29, 1.82) is 0 Å². The highest BCUT2D eigenvalue weighted by atomic mass is 32.2. The van der Waals surface area contributed by atoms with E-state index in [4.69, 9.17) is 0 Å². The number of hydrogen-bond acceptors (Lipinski definition) is 2. The van der Waals surface area contributed by atoms with Crippen LogP contribution in [-0.4, -0.2) is 14.2 Å². The van der Waals surface area contributed by atoms with Crippen LogP contribution < -0.4 is 4.31 Å². The summed E-state index contributed by atoms with van der Waals surface area (Å²) in [6.45, 7) is 1.65.